The zero-order valence-corrected chi connectivity index (χ0v) is 13.9. The molecule has 25 heavy (non-hydrogen) atoms. The van der Waals surface area contributed by atoms with Crippen molar-refractivity contribution in [2.24, 2.45) is 5.16 Å². The molecule has 0 aliphatic heterocycles. The summed E-state index contributed by atoms with van der Waals surface area (Å²) in [5.74, 6) is -0.531. The third kappa shape index (κ3) is 4.10. The van der Waals surface area contributed by atoms with Crippen LogP contribution in [-0.4, -0.2) is 14.1 Å². The van der Waals surface area contributed by atoms with Crippen molar-refractivity contribution in [3.63, 3.8) is 0 Å². The second kappa shape index (κ2) is 7.27. The van der Waals surface area contributed by atoms with Crippen molar-refractivity contribution < 1.29 is 17.1 Å². The van der Waals surface area contributed by atoms with Crippen LogP contribution in [-0.2, 0) is 14.4 Å². The topological polar surface area (TPSA) is 55.7 Å². The van der Waals surface area contributed by atoms with Gasteiger partial charge >= 0.3 is 10.1 Å². The number of nitrogens with zero attached hydrogens (tertiary/aromatic N) is 1. The maximum Gasteiger partial charge on any atom is 0.358 e. The Hall–Kier alpha value is -2.99. The molecule has 0 bridgehead atoms. The largest absolute Gasteiger partial charge is 0.358 e. The molecule has 3 aromatic rings. The zero-order chi connectivity index (χ0) is 17.7. The van der Waals surface area contributed by atoms with E-state index in [0.29, 0.717) is 16.8 Å². The molecular formula is C19H14FNO3S. The van der Waals surface area contributed by atoms with E-state index in [-0.39, 0.29) is 4.90 Å². The Morgan fingerprint density at radius 1 is 0.760 bits per heavy atom. The first-order valence-electron chi connectivity index (χ1n) is 7.44. The average molecular weight is 355 g/mol. The van der Waals surface area contributed by atoms with E-state index in [0.717, 1.165) is 24.3 Å². The Morgan fingerprint density at radius 2 is 1.24 bits per heavy atom. The molecule has 0 aromatic heterocycles. The second-order valence-corrected chi connectivity index (χ2v) is 6.68. The summed E-state index contributed by atoms with van der Waals surface area (Å²) in [6.07, 6.45) is 0. The van der Waals surface area contributed by atoms with E-state index in [4.69, 9.17) is 4.28 Å². The Bertz CT molecular complexity index is 929. The molecule has 0 atom stereocenters. The molecule has 126 valence electrons. The fourth-order valence-corrected chi connectivity index (χ4v) is 2.92. The minimum atomic E-state index is -4.14. The lowest BCUT2D eigenvalue weighted by Crippen LogP contribution is -2.08. The highest BCUT2D eigenvalue weighted by Crippen LogP contribution is 2.16. The number of rotatable bonds is 5. The van der Waals surface area contributed by atoms with Gasteiger partial charge in [-0.1, -0.05) is 65.8 Å². The molecule has 0 heterocycles. The minimum absolute atomic E-state index is 0.168. The molecule has 0 N–H and O–H groups in total. The smallest absolute Gasteiger partial charge is 0.264 e. The summed E-state index contributed by atoms with van der Waals surface area (Å²) in [5, 5.41) is 3.87. The molecule has 0 saturated carbocycles. The van der Waals surface area contributed by atoms with Gasteiger partial charge in [-0.05, 0) is 24.3 Å². The van der Waals surface area contributed by atoms with E-state index >= 15 is 0 Å². The van der Waals surface area contributed by atoms with E-state index in [1.807, 2.05) is 36.4 Å². The van der Waals surface area contributed by atoms with Crippen molar-refractivity contribution >= 4 is 15.8 Å². The predicted molar refractivity (Wildman–Crippen MR) is 93.2 cm³/mol. The first-order chi connectivity index (χ1) is 12.1. The molecule has 0 amide bonds. The highest BCUT2D eigenvalue weighted by molar-refractivity contribution is 7.86. The van der Waals surface area contributed by atoms with Crippen LogP contribution in [0.1, 0.15) is 11.1 Å². The van der Waals surface area contributed by atoms with Crippen molar-refractivity contribution in [1.82, 2.24) is 0 Å². The monoisotopic (exact) mass is 355 g/mol. The van der Waals surface area contributed by atoms with Crippen molar-refractivity contribution in [2.75, 3.05) is 0 Å². The molecule has 3 rings (SSSR count). The highest BCUT2D eigenvalue weighted by atomic mass is 32.2. The molecule has 0 aliphatic rings. The molecule has 4 nitrogen and oxygen atoms in total. The van der Waals surface area contributed by atoms with Gasteiger partial charge in [0, 0.05) is 11.1 Å². The van der Waals surface area contributed by atoms with E-state index in [1.54, 1.807) is 24.3 Å². The maximum atomic E-state index is 13.0. The van der Waals surface area contributed by atoms with E-state index in [2.05, 4.69) is 5.16 Å². The van der Waals surface area contributed by atoms with Gasteiger partial charge in [0.05, 0.1) is 0 Å². The van der Waals surface area contributed by atoms with Crippen LogP contribution in [0.5, 0.6) is 0 Å². The number of benzene rings is 3. The lowest BCUT2D eigenvalue weighted by atomic mass is 10.0. The Morgan fingerprint density at radius 3 is 1.72 bits per heavy atom. The molecular weight excluding hydrogens is 341 g/mol. The molecule has 3 aromatic carbocycles. The Labute approximate surface area is 145 Å². The van der Waals surface area contributed by atoms with Crippen LogP contribution in [0.15, 0.2) is 95.0 Å². The van der Waals surface area contributed by atoms with Gasteiger partial charge in [-0.25, -0.2) is 4.39 Å². The van der Waals surface area contributed by atoms with Gasteiger partial charge in [0.2, 0.25) is 0 Å². The van der Waals surface area contributed by atoms with Crippen LogP contribution in [0.4, 0.5) is 4.39 Å². The molecule has 0 unspecified atom stereocenters. The van der Waals surface area contributed by atoms with Gasteiger partial charge in [-0.15, -0.1) is 0 Å². The summed E-state index contributed by atoms with van der Waals surface area (Å²) in [6, 6.07) is 22.6. The highest BCUT2D eigenvalue weighted by Gasteiger charge is 2.17. The zero-order valence-electron chi connectivity index (χ0n) is 13.0. The average Bonchev–Trinajstić information content (AvgIpc) is 2.64. The van der Waals surface area contributed by atoms with Gasteiger partial charge in [0.25, 0.3) is 0 Å². The summed E-state index contributed by atoms with van der Waals surface area (Å²) < 4.78 is 42.4. The van der Waals surface area contributed by atoms with Crippen molar-refractivity contribution in [3.8, 4) is 0 Å². The van der Waals surface area contributed by atoms with Crippen LogP contribution in [0.25, 0.3) is 0 Å². The van der Waals surface area contributed by atoms with Crippen LogP contribution < -0.4 is 0 Å². The molecule has 0 saturated heterocycles. The first-order valence-corrected chi connectivity index (χ1v) is 8.85. The summed E-state index contributed by atoms with van der Waals surface area (Å²) in [4.78, 5) is -0.168. The van der Waals surface area contributed by atoms with Crippen LogP contribution in [0, 0.1) is 5.82 Å². The van der Waals surface area contributed by atoms with Crippen LogP contribution in [0.3, 0.4) is 0 Å². The minimum Gasteiger partial charge on any atom is -0.264 e. The molecule has 6 heteroatoms. The fraction of sp³-hybridized carbons (Fsp3) is 0. The summed E-state index contributed by atoms with van der Waals surface area (Å²) in [7, 11) is -4.14. The third-order valence-corrected chi connectivity index (χ3v) is 4.54. The van der Waals surface area contributed by atoms with Crippen LogP contribution >= 0.6 is 0 Å². The Balaban J connectivity index is 1.98. The Kier molecular flexibility index (Phi) is 4.90. The number of halogens is 1. The van der Waals surface area contributed by atoms with Gasteiger partial charge < -0.3 is 0 Å². The van der Waals surface area contributed by atoms with Gasteiger partial charge in [0.1, 0.15) is 16.4 Å². The first kappa shape index (κ1) is 16.9. The summed E-state index contributed by atoms with van der Waals surface area (Å²) in [6.45, 7) is 0. The predicted octanol–water partition coefficient (Wildman–Crippen LogP) is 3.98. The SMILES string of the molecule is O=S(=O)(ON=C(c1ccccc1)c1ccccc1)c1ccc(F)cc1. The van der Waals surface area contributed by atoms with Crippen molar-refractivity contribution in [3.05, 3.63) is 102 Å². The number of oxime groups is 1. The van der Waals surface area contributed by atoms with Crippen molar-refractivity contribution in [1.29, 1.82) is 0 Å². The maximum absolute atomic E-state index is 13.0. The fourth-order valence-electron chi connectivity index (χ4n) is 2.19. The van der Waals surface area contributed by atoms with Gasteiger partial charge in [-0.3, -0.25) is 4.28 Å². The van der Waals surface area contributed by atoms with E-state index in [1.165, 1.54) is 0 Å². The van der Waals surface area contributed by atoms with Crippen LogP contribution in [0.2, 0.25) is 0 Å². The standard InChI is InChI=1S/C19H14FNO3S/c20-17-11-13-18(14-12-17)25(22,23)24-21-19(15-7-3-1-4-8-15)16-9-5-2-6-10-16/h1-14H. The second-order valence-electron chi connectivity index (χ2n) is 5.15. The van der Waals surface area contributed by atoms with Gasteiger partial charge in [-0.2, -0.15) is 8.42 Å². The normalized spacial score (nSPS) is 10.9. The third-order valence-electron chi connectivity index (χ3n) is 3.42. The molecule has 0 fully saturated rings. The lowest BCUT2D eigenvalue weighted by Gasteiger charge is -2.07. The number of hydrogen-bond acceptors (Lipinski definition) is 4. The number of hydrogen-bond donors (Lipinski definition) is 0. The van der Waals surface area contributed by atoms with Crippen molar-refractivity contribution in [2.45, 2.75) is 4.90 Å². The molecule has 0 aliphatic carbocycles. The lowest BCUT2D eigenvalue weighted by molar-refractivity contribution is 0.339. The van der Waals surface area contributed by atoms with E-state index < -0.39 is 15.9 Å². The van der Waals surface area contributed by atoms with E-state index in [9.17, 15) is 12.8 Å². The summed E-state index contributed by atoms with van der Waals surface area (Å²) in [5.41, 5.74) is 1.80. The van der Waals surface area contributed by atoms with Gasteiger partial charge in [0.15, 0.2) is 0 Å². The summed E-state index contributed by atoms with van der Waals surface area (Å²) >= 11 is 0. The quantitative estimate of drug-likeness (QED) is 0.514. The molecule has 0 spiro atoms. The molecule has 0 radical (unpaired) electrons.